The first-order chi connectivity index (χ1) is 9.28. The van der Waals surface area contributed by atoms with Crippen LogP contribution in [0.4, 0.5) is 0 Å². The second-order valence-electron chi connectivity index (χ2n) is 4.15. The van der Waals surface area contributed by atoms with Crippen molar-refractivity contribution in [3.05, 3.63) is 65.7 Å². The topological polar surface area (TPSA) is 43.4 Å². The summed E-state index contributed by atoms with van der Waals surface area (Å²) in [4.78, 5) is 22.3. The minimum absolute atomic E-state index is 0.299. The summed E-state index contributed by atoms with van der Waals surface area (Å²) < 4.78 is 5.18. The summed E-state index contributed by atoms with van der Waals surface area (Å²) in [6, 6.07) is 16.3. The molecule has 0 aliphatic carbocycles. The molecule has 0 N–H and O–H groups in total. The van der Waals surface area contributed by atoms with E-state index in [4.69, 9.17) is 4.74 Å². The average Bonchev–Trinajstić information content (AvgIpc) is 2.46. The van der Waals surface area contributed by atoms with Crippen LogP contribution in [-0.4, -0.2) is 12.3 Å². The van der Waals surface area contributed by atoms with Crippen LogP contribution in [0.25, 0.3) is 0 Å². The Morgan fingerprint density at radius 3 is 2.58 bits per heavy atom. The molecule has 96 valence electrons. The molecular formula is C16H14O3. The summed E-state index contributed by atoms with van der Waals surface area (Å²) in [7, 11) is 0. The lowest BCUT2D eigenvalue weighted by Crippen LogP contribution is -2.09. The fourth-order valence-corrected chi connectivity index (χ4v) is 1.72. The van der Waals surface area contributed by atoms with Gasteiger partial charge in [0, 0.05) is 12.0 Å². The van der Waals surface area contributed by atoms with Crippen LogP contribution in [0.2, 0.25) is 0 Å². The average molecular weight is 254 g/mol. The van der Waals surface area contributed by atoms with Crippen LogP contribution < -0.4 is 4.74 Å². The number of rotatable bonds is 5. The van der Waals surface area contributed by atoms with E-state index in [1.165, 1.54) is 0 Å². The lowest BCUT2D eigenvalue weighted by atomic mass is 10.1. The van der Waals surface area contributed by atoms with Gasteiger partial charge < -0.3 is 4.74 Å². The maximum absolute atomic E-state index is 11.7. The van der Waals surface area contributed by atoms with Gasteiger partial charge in [0.2, 0.25) is 0 Å². The van der Waals surface area contributed by atoms with Gasteiger partial charge in [-0.25, -0.2) is 0 Å². The highest BCUT2D eigenvalue weighted by molar-refractivity contribution is 5.77. The van der Waals surface area contributed by atoms with Gasteiger partial charge >= 0.3 is 5.97 Å². The molecule has 2 rings (SSSR count). The van der Waals surface area contributed by atoms with Crippen molar-refractivity contribution in [2.24, 2.45) is 0 Å². The molecule has 3 nitrogen and oxygen atoms in total. The van der Waals surface area contributed by atoms with E-state index in [2.05, 4.69) is 0 Å². The first-order valence-corrected chi connectivity index (χ1v) is 6.08. The van der Waals surface area contributed by atoms with E-state index in [-0.39, 0.29) is 5.97 Å². The number of carbonyl (C=O) groups excluding carboxylic acids is 2. The molecule has 0 atom stereocenters. The van der Waals surface area contributed by atoms with Crippen molar-refractivity contribution >= 4 is 12.3 Å². The third-order valence-corrected chi connectivity index (χ3v) is 2.69. The normalized spacial score (nSPS) is 9.89. The molecule has 2 aromatic carbocycles. The van der Waals surface area contributed by atoms with Crippen LogP contribution in [0, 0.1) is 0 Å². The minimum Gasteiger partial charge on any atom is -0.426 e. The highest BCUT2D eigenvalue weighted by Crippen LogP contribution is 2.13. The number of aldehydes is 1. The van der Waals surface area contributed by atoms with E-state index in [1.54, 1.807) is 24.3 Å². The number of benzene rings is 2. The fraction of sp³-hybridized carbons (Fsp3) is 0.125. The maximum atomic E-state index is 11.7. The van der Waals surface area contributed by atoms with Gasteiger partial charge in [0.15, 0.2) is 0 Å². The largest absolute Gasteiger partial charge is 0.426 e. The number of carbonyl (C=O) groups is 2. The highest BCUT2D eigenvalue weighted by Gasteiger charge is 2.05. The van der Waals surface area contributed by atoms with Crippen LogP contribution in [-0.2, 0) is 11.2 Å². The van der Waals surface area contributed by atoms with Crippen LogP contribution in [0.5, 0.6) is 5.75 Å². The minimum atomic E-state index is -0.299. The zero-order valence-corrected chi connectivity index (χ0v) is 10.4. The molecule has 0 spiro atoms. The van der Waals surface area contributed by atoms with Crippen molar-refractivity contribution in [2.75, 3.05) is 0 Å². The smallest absolute Gasteiger partial charge is 0.311 e. The molecule has 0 bridgehead atoms. The van der Waals surface area contributed by atoms with E-state index in [9.17, 15) is 9.59 Å². The molecule has 3 heteroatoms. The second-order valence-corrected chi connectivity index (χ2v) is 4.15. The number of esters is 1. The Bertz CT molecular complexity index is 561. The predicted octanol–water partition coefficient (Wildman–Crippen LogP) is 3.04. The molecule has 19 heavy (non-hydrogen) atoms. The molecule has 0 radical (unpaired) electrons. The zero-order chi connectivity index (χ0) is 13.5. The quantitative estimate of drug-likeness (QED) is 0.468. The third kappa shape index (κ3) is 4.07. The first kappa shape index (κ1) is 13.0. The molecule has 0 aromatic heterocycles. The first-order valence-electron chi connectivity index (χ1n) is 6.08. The Kier molecular flexibility index (Phi) is 4.45. The molecule has 0 aliphatic heterocycles. The Morgan fingerprint density at radius 2 is 1.84 bits per heavy atom. The second kappa shape index (κ2) is 6.50. The number of hydrogen-bond donors (Lipinski definition) is 0. The van der Waals surface area contributed by atoms with Gasteiger partial charge in [-0.1, -0.05) is 42.5 Å². The van der Waals surface area contributed by atoms with E-state index in [1.807, 2.05) is 30.3 Å². The standard InChI is InChI=1S/C16H14O3/c17-12-14-7-4-8-15(11-14)19-16(18)10-9-13-5-2-1-3-6-13/h1-8,11-12H,9-10H2. The molecule has 0 saturated carbocycles. The number of aryl methyl sites for hydroxylation is 1. The molecular weight excluding hydrogens is 240 g/mol. The maximum Gasteiger partial charge on any atom is 0.311 e. The SMILES string of the molecule is O=Cc1cccc(OC(=O)CCc2ccccc2)c1. The van der Waals surface area contributed by atoms with Gasteiger partial charge in [-0.05, 0) is 24.1 Å². The lowest BCUT2D eigenvalue weighted by Gasteiger charge is -2.04. The number of hydrogen-bond acceptors (Lipinski definition) is 3. The van der Waals surface area contributed by atoms with Crippen molar-refractivity contribution in [3.63, 3.8) is 0 Å². The van der Waals surface area contributed by atoms with Crippen LogP contribution in [0.1, 0.15) is 22.3 Å². The van der Waals surface area contributed by atoms with Crippen molar-refractivity contribution < 1.29 is 14.3 Å². The summed E-state index contributed by atoms with van der Waals surface area (Å²) >= 11 is 0. The summed E-state index contributed by atoms with van der Waals surface area (Å²) in [5.74, 6) is 0.106. The van der Waals surface area contributed by atoms with Gasteiger partial charge in [-0.2, -0.15) is 0 Å². The predicted molar refractivity (Wildman–Crippen MR) is 72.2 cm³/mol. The van der Waals surface area contributed by atoms with E-state index >= 15 is 0 Å². The fourth-order valence-electron chi connectivity index (χ4n) is 1.72. The van der Waals surface area contributed by atoms with Gasteiger partial charge in [-0.15, -0.1) is 0 Å². The zero-order valence-electron chi connectivity index (χ0n) is 10.4. The monoisotopic (exact) mass is 254 g/mol. The summed E-state index contributed by atoms with van der Waals surface area (Å²) in [6.45, 7) is 0. The van der Waals surface area contributed by atoms with Crippen molar-refractivity contribution in [1.82, 2.24) is 0 Å². The Balaban J connectivity index is 1.89. The molecule has 2 aromatic rings. The van der Waals surface area contributed by atoms with Gasteiger partial charge in [0.25, 0.3) is 0 Å². The number of ether oxygens (including phenoxy) is 1. The summed E-state index contributed by atoms with van der Waals surface area (Å²) in [5, 5.41) is 0. The van der Waals surface area contributed by atoms with Crippen molar-refractivity contribution in [1.29, 1.82) is 0 Å². The van der Waals surface area contributed by atoms with Gasteiger partial charge in [-0.3, -0.25) is 9.59 Å². The molecule has 0 amide bonds. The van der Waals surface area contributed by atoms with Gasteiger partial charge in [0.1, 0.15) is 12.0 Å². The Labute approximate surface area is 111 Å². The Morgan fingerprint density at radius 1 is 1.05 bits per heavy atom. The van der Waals surface area contributed by atoms with E-state index in [0.717, 1.165) is 11.8 Å². The molecule has 0 unspecified atom stereocenters. The molecule has 0 fully saturated rings. The molecule has 0 aliphatic rings. The van der Waals surface area contributed by atoms with Crippen LogP contribution in [0.3, 0.4) is 0 Å². The molecule has 0 heterocycles. The van der Waals surface area contributed by atoms with Crippen LogP contribution >= 0.6 is 0 Å². The van der Waals surface area contributed by atoms with Gasteiger partial charge in [0.05, 0.1) is 0 Å². The summed E-state index contributed by atoms with van der Waals surface area (Å²) in [5.41, 5.74) is 1.59. The third-order valence-electron chi connectivity index (χ3n) is 2.69. The van der Waals surface area contributed by atoms with Crippen molar-refractivity contribution in [2.45, 2.75) is 12.8 Å². The van der Waals surface area contributed by atoms with Crippen LogP contribution in [0.15, 0.2) is 54.6 Å². The lowest BCUT2D eigenvalue weighted by molar-refractivity contribution is -0.134. The van der Waals surface area contributed by atoms with E-state index < -0.39 is 0 Å². The highest BCUT2D eigenvalue weighted by atomic mass is 16.5. The van der Waals surface area contributed by atoms with E-state index in [0.29, 0.717) is 24.2 Å². The Hall–Kier alpha value is -2.42. The molecule has 0 saturated heterocycles. The van der Waals surface area contributed by atoms with Crippen molar-refractivity contribution in [3.8, 4) is 5.75 Å². The summed E-state index contributed by atoms with van der Waals surface area (Å²) in [6.07, 6.45) is 1.68.